The molecule has 0 saturated heterocycles. The third kappa shape index (κ3) is 1.98. The van der Waals surface area contributed by atoms with Crippen LogP contribution in [0.1, 0.15) is 28.8 Å². The molecule has 6 heteroatoms. The van der Waals surface area contributed by atoms with Crippen LogP contribution in [0.5, 0.6) is 0 Å². The van der Waals surface area contributed by atoms with Crippen LogP contribution >= 0.6 is 0 Å². The number of aliphatic carboxylic acids is 1. The van der Waals surface area contributed by atoms with Crippen LogP contribution in [0, 0.1) is 5.41 Å². The Hall–Kier alpha value is -1.85. The Kier molecular flexibility index (Phi) is 2.68. The quantitative estimate of drug-likeness (QED) is 0.670. The van der Waals surface area contributed by atoms with Crippen LogP contribution in [0.2, 0.25) is 0 Å². The lowest BCUT2D eigenvalue weighted by Crippen LogP contribution is -2.25. The van der Waals surface area contributed by atoms with Gasteiger partial charge in [0.1, 0.15) is 5.41 Å². The molecule has 1 aliphatic carbocycles. The highest BCUT2D eigenvalue weighted by molar-refractivity contribution is 6.14. The lowest BCUT2D eigenvalue weighted by atomic mass is 9.94. The molecule has 1 saturated carbocycles. The van der Waals surface area contributed by atoms with Gasteiger partial charge in [-0.15, -0.1) is 0 Å². The Morgan fingerprint density at radius 1 is 1.11 bits per heavy atom. The predicted octanol–water partition coefficient (Wildman–Crippen LogP) is 2.75. The lowest BCUT2D eigenvalue weighted by molar-refractivity contribution is -0.141. The molecule has 0 bridgehead atoms. The average molecular weight is 258 g/mol. The van der Waals surface area contributed by atoms with Crippen molar-refractivity contribution in [2.45, 2.75) is 19.0 Å². The summed E-state index contributed by atoms with van der Waals surface area (Å²) in [4.78, 5) is 22.8. The third-order valence-electron chi connectivity index (χ3n) is 3.07. The van der Waals surface area contributed by atoms with Gasteiger partial charge in [0.2, 0.25) is 0 Å². The summed E-state index contributed by atoms with van der Waals surface area (Å²) in [6, 6.07) is 3.61. The van der Waals surface area contributed by atoms with Crippen molar-refractivity contribution in [1.82, 2.24) is 0 Å². The minimum atomic E-state index is -4.47. The van der Waals surface area contributed by atoms with Crippen molar-refractivity contribution in [1.29, 1.82) is 0 Å². The Morgan fingerprint density at radius 2 is 1.61 bits per heavy atom. The number of hydrogen-bond acceptors (Lipinski definition) is 2. The molecule has 1 aromatic carbocycles. The summed E-state index contributed by atoms with van der Waals surface area (Å²) in [6.07, 6.45) is -3.99. The molecule has 96 valence electrons. The molecule has 1 aliphatic rings. The smallest absolute Gasteiger partial charge is 0.416 e. The van der Waals surface area contributed by atoms with Gasteiger partial charge in [0.25, 0.3) is 0 Å². The first-order valence-electron chi connectivity index (χ1n) is 5.23. The van der Waals surface area contributed by atoms with Gasteiger partial charge in [-0.2, -0.15) is 13.2 Å². The molecule has 0 atom stereocenters. The van der Waals surface area contributed by atoms with E-state index in [0.717, 1.165) is 24.3 Å². The molecule has 0 unspecified atom stereocenters. The summed E-state index contributed by atoms with van der Waals surface area (Å²) in [5, 5.41) is 8.92. The molecule has 0 aromatic heterocycles. The fourth-order valence-electron chi connectivity index (χ4n) is 1.75. The first-order valence-corrected chi connectivity index (χ1v) is 5.23. The normalized spacial score (nSPS) is 17.3. The molecule has 1 N–H and O–H groups in total. The molecule has 3 nitrogen and oxygen atoms in total. The van der Waals surface area contributed by atoms with Crippen molar-refractivity contribution in [2.24, 2.45) is 5.41 Å². The second kappa shape index (κ2) is 3.83. The Labute approximate surface area is 100 Å². The largest absolute Gasteiger partial charge is 0.480 e. The number of carboxylic acids is 1. The maximum absolute atomic E-state index is 12.3. The van der Waals surface area contributed by atoms with E-state index in [0.29, 0.717) is 0 Å². The summed E-state index contributed by atoms with van der Waals surface area (Å²) >= 11 is 0. The first kappa shape index (κ1) is 12.6. The molecule has 0 radical (unpaired) electrons. The zero-order valence-electron chi connectivity index (χ0n) is 9.12. The number of carbonyl (C=O) groups is 2. The molecule has 1 aromatic rings. The van der Waals surface area contributed by atoms with Crippen LogP contribution < -0.4 is 0 Å². The monoisotopic (exact) mass is 258 g/mol. The van der Waals surface area contributed by atoms with Crippen molar-refractivity contribution in [3.63, 3.8) is 0 Å². The average Bonchev–Trinajstić information content (AvgIpc) is 3.08. The van der Waals surface area contributed by atoms with Gasteiger partial charge in [0, 0.05) is 5.56 Å². The van der Waals surface area contributed by atoms with E-state index in [1.54, 1.807) is 0 Å². The third-order valence-corrected chi connectivity index (χ3v) is 3.07. The number of carbonyl (C=O) groups excluding carboxylic acids is 1. The second-order valence-electron chi connectivity index (χ2n) is 4.29. The fourth-order valence-corrected chi connectivity index (χ4v) is 1.75. The van der Waals surface area contributed by atoms with Gasteiger partial charge in [-0.25, -0.2) is 0 Å². The summed E-state index contributed by atoms with van der Waals surface area (Å²) in [5.74, 6) is -1.84. The zero-order chi connectivity index (χ0) is 13.6. The Balaban J connectivity index is 2.26. The zero-order valence-corrected chi connectivity index (χ0v) is 9.12. The van der Waals surface area contributed by atoms with E-state index < -0.39 is 28.9 Å². The summed E-state index contributed by atoms with van der Waals surface area (Å²) in [5.41, 5.74) is -2.28. The molecule has 18 heavy (non-hydrogen) atoms. The summed E-state index contributed by atoms with van der Waals surface area (Å²) in [7, 11) is 0. The summed E-state index contributed by atoms with van der Waals surface area (Å²) in [6.45, 7) is 0. The van der Waals surface area contributed by atoms with E-state index in [4.69, 9.17) is 5.11 Å². The van der Waals surface area contributed by atoms with Crippen molar-refractivity contribution in [3.8, 4) is 0 Å². The maximum Gasteiger partial charge on any atom is 0.416 e. The molecule has 0 spiro atoms. The van der Waals surface area contributed by atoms with E-state index in [-0.39, 0.29) is 18.4 Å². The molecular weight excluding hydrogens is 249 g/mol. The van der Waals surface area contributed by atoms with E-state index >= 15 is 0 Å². The number of ketones is 1. The van der Waals surface area contributed by atoms with E-state index in [9.17, 15) is 22.8 Å². The van der Waals surface area contributed by atoms with Crippen LogP contribution in [-0.2, 0) is 11.0 Å². The molecule has 0 aliphatic heterocycles. The lowest BCUT2D eigenvalue weighted by Gasteiger charge is -2.10. The second-order valence-corrected chi connectivity index (χ2v) is 4.29. The Bertz CT molecular complexity index is 498. The van der Waals surface area contributed by atoms with Crippen LogP contribution in [0.25, 0.3) is 0 Å². The van der Waals surface area contributed by atoms with Gasteiger partial charge in [0.15, 0.2) is 5.78 Å². The number of hydrogen-bond donors (Lipinski definition) is 1. The Morgan fingerprint density at radius 3 is 1.94 bits per heavy atom. The molecule has 1 fully saturated rings. The number of carboxylic acid groups (broad SMARTS) is 1. The van der Waals surface area contributed by atoms with Crippen LogP contribution in [-0.4, -0.2) is 16.9 Å². The topological polar surface area (TPSA) is 54.4 Å². The predicted molar refractivity (Wildman–Crippen MR) is 55.1 cm³/mol. The molecule has 0 amide bonds. The first-order chi connectivity index (χ1) is 8.27. The van der Waals surface area contributed by atoms with E-state index in [1.807, 2.05) is 0 Å². The van der Waals surface area contributed by atoms with Crippen molar-refractivity contribution in [2.75, 3.05) is 0 Å². The van der Waals surface area contributed by atoms with Gasteiger partial charge >= 0.3 is 12.1 Å². The molecule has 0 heterocycles. The van der Waals surface area contributed by atoms with E-state index in [2.05, 4.69) is 0 Å². The van der Waals surface area contributed by atoms with Crippen molar-refractivity contribution >= 4 is 11.8 Å². The fraction of sp³-hybridized carbons (Fsp3) is 0.333. The van der Waals surface area contributed by atoms with Gasteiger partial charge < -0.3 is 5.11 Å². The van der Waals surface area contributed by atoms with Crippen molar-refractivity contribution < 1.29 is 27.9 Å². The molecule has 2 rings (SSSR count). The van der Waals surface area contributed by atoms with E-state index in [1.165, 1.54) is 0 Å². The SMILES string of the molecule is O=C(O)C1(C(=O)c2ccc(C(F)(F)F)cc2)CC1. The molecular formula is C12H9F3O3. The van der Waals surface area contributed by atoms with Crippen molar-refractivity contribution in [3.05, 3.63) is 35.4 Å². The van der Waals surface area contributed by atoms with Crippen LogP contribution in [0.15, 0.2) is 24.3 Å². The van der Waals surface area contributed by atoms with Crippen LogP contribution in [0.4, 0.5) is 13.2 Å². The minimum Gasteiger partial charge on any atom is -0.480 e. The highest BCUT2D eigenvalue weighted by Gasteiger charge is 2.56. The summed E-state index contributed by atoms with van der Waals surface area (Å²) < 4.78 is 36.9. The van der Waals surface area contributed by atoms with Gasteiger partial charge in [-0.3, -0.25) is 9.59 Å². The van der Waals surface area contributed by atoms with Crippen LogP contribution in [0.3, 0.4) is 0 Å². The van der Waals surface area contributed by atoms with Gasteiger partial charge in [-0.05, 0) is 25.0 Å². The number of halogens is 3. The minimum absolute atomic E-state index is 0.00269. The number of alkyl halides is 3. The maximum atomic E-state index is 12.3. The van der Waals surface area contributed by atoms with Gasteiger partial charge in [0.05, 0.1) is 5.56 Å². The number of Topliss-reactive ketones (excluding diaryl/α,β-unsaturated/α-hetero) is 1. The van der Waals surface area contributed by atoms with Gasteiger partial charge in [-0.1, -0.05) is 12.1 Å². The number of benzene rings is 1. The highest BCUT2D eigenvalue weighted by atomic mass is 19.4. The standard InChI is InChI=1S/C12H9F3O3/c13-12(14,15)8-3-1-7(2-4-8)9(16)11(5-6-11)10(17)18/h1-4H,5-6H2,(H,17,18). The highest BCUT2D eigenvalue weighted by Crippen LogP contribution is 2.48. The number of rotatable bonds is 3.